The van der Waals surface area contributed by atoms with E-state index in [2.05, 4.69) is 5.32 Å². The number of hydrogen-bond acceptors (Lipinski definition) is 4. The molecule has 0 aliphatic heterocycles. The van der Waals surface area contributed by atoms with E-state index in [9.17, 15) is 33.0 Å². The van der Waals surface area contributed by atoms with E-state index >= 15 is 0 Å². The molecule has 1 rings (SSSR count). The number of benzene rings is 1. The molecule has 0 heterocycles. The first-order valence-corrected chi connectivity index (χ1v) is 6.59. The molecule has 6 nitrogen and oxygen atoms in total. The maximum absolute atomic E-state index is 12.9. The number of carboxylic acid groups (broad SMARTS) is 1. The van der Waals surface area contributed by atoms with Crippen LogP contribution in [-0.4, -0.2) is 39.8 Å². The summed E-state index contributed by atoms with van der Waals surface area (Å²) in [5.41, 5.74) is -2.62. The zero-order chi connectivity index (χ0) is 17.8. The van der Waals surface area contributed by atoms with Gasteiger partial charge in [-0.3, -0.25) is 4.79 Å². The number of aliphatic hydroxyl groups is 2. The van der Waals surface area contributed by atoms with Crippen molar-refractivity contribution in [3.63, 3.8) is 0 Å². The van der Waals surface area contributed by atoms with Gasteiger partial charge in [0.25, 0.3) is 0 Å². The van der Waals surface area contributed by atoms with Gasteiger partial charge in [-0.05, 0) is 24.1 Å². The molecule has 0 aromatic heterocycles. The molecule has 0 radical (unpaired) electrons. The lowest BCUT2D eigenvalue weighted by atomic mass is 9.96. The molecule has 1 aromatic carbocycles. The highest BCUT2D eigenvalue weighted by molar-refractivity contribution is 5.89. The van der Waals surface area contributed by atoms with Gasteiger partial charge in [0.1, 0.15) is 6.10 Å². The second-order valence-electron chi connectivity index (χ2n) is 4.89. The quantitative estimate of drug-likeness (QED) is 0.627. The number of halogens is 3. The summed E-state index contributed by atoms with van der Waals surface area (Å²) in [4.78, 5) is 21.5. The molecule has 0 fully saturated rings. The fourth-order valence-corrected chi connectivity index (χ4v) is 1.94. The Labute approximate surface area is 129 Å². The lowest BCUT2D eigenvalue weighted by molar-refractivity contribution is -0.138. The number of alkyl halides is 3. The van der Waals surface area contributed by atoms with Gasteiger partial charge < -0.3 is 20.6 Å². The second-order valence-corrected chi connectivity index (χ2v) is 4.89. The molecule has 1 amide bonds. The number of aromatic carboxylic acids is 1. The van der Waals surface area contributed by atoms with Crippen molar-refractivity contribution in [2.45, 2.75) is 31.7 Å². The molecule has 0 saturated heterocycles. The van der Waals surface area contributed by atoms with Crippen molar-refractivity contribution < 1.29 is 38.1 Å². The van der Waals surface area contributed by atoms with Crippen LogP contribution in [-0.2, 0) is 11.0 Å². The molecule has 1 aromatic rings. The molecular formula is C14H16F3NO5. The number of carbonyl (C=O) groups is 2. The standard InChI is InChI=1S/C14H16F3NO5/c1-7(19)18-5-4-11(20)12(21)8-2-3-9(13(22)23)10(6-8)14(15,16)17/h2-3,6,11-12,20-21H,4-5H2,1H3,(H,18,19)(H,22,23). The Kier molecular flexibility index (Phi) is 6.11. The van der Waals surface area contributed by atoms with Crippen molar-refractivity contribution in [3.05, 3.63) is 34.9 Å². The fraction of sp³-hybridized carbons (Fsp3) is 0.429. The fourth-order valence-electron chi connectivity index (χ4n) is 1.94. The Bertz CT molecular complexity index is 588. The monoisotopic (exact) mass is 335 g/mol. The number of aliphatic hydroxyl groups excluding tert-OH is 2. The van der Waals surface area contributed by atoms with Crippen molar-refractivity contribution in [1.29, 1.82) is 0 Å². The largest absolute Gasteiger partial charge is 0.478 e. The Morgan fingerprint density at radius 2 is 1.87 bits per heavy atom. The van der Waals surface area contributed by atoms with E-state index in [0.29, 0.717) is 6.07 Å². The summed E-state index contributed by atoms with van der Waals surface area (Å²) in [7, 11) is 0. The summed E-state index contributed by atoms with van der Waals surface area (Å²) < 4.78 is 38.7. The van der Waals surface area contributed by atoms with E-state index in [1.807, 2.05) is 0 Å². The minimum atomic E-state index is -4.91. The van der Waals surface area contributed by atoms with Gasteiger partial charge in [0, 0.05) is 13.5 Å². The third-order valence-corrected chi connectivity index (χ3v) is 3.10. The summed E-state index contributed by atoms with van der Waals surface area (Å²) >= 11 is 0. The molecule has 2 atom stereocenters. The van der Waals surface area contributed by atoms with Gasteiger partial charge in [0.15, 0.2) is 0 Å². The van der Waals surface area contributed by atoms with Crippen molar-refractivity contribution in [2.24, 2.45) is 0 Å². The number of rotatable bonds is 6. The summed E-state index contributed by atoms with van der Waals surface area (Å²) in [6.45, 7) is 1.29. The summed E-state index contributed by atoms with van der Waals surface area (Å²) in [5.74, 6) is -2.10. The predicted molar refractivity (Wildman–Crippen MR) is 72.7 cm³/mol. The first-order valence-electron chi connectivity index (χ1n) is 6.59. The normalized spacial score (nSPS) is 14.2. The Morgan fingerprint density at radius 1 is 1.26 bits per heavy atom. The number of hydrogen-bond donors (Lipinski definition) is 4. The molecule has 4 N–H and O–H groups in total. The molecule has 0 aliphatic rings. The van der Waals surface area contributed by atoms with Crippen LogP contribution in [0.4, 0.5) is 13.2 Å². The molecule has 0 aliphatic carbocycles. The van der Waals surface area contributed by atoms with Crippen LogP contribution < -0.4 is 5.32 Å². The van der Waals surface area contributed by atoms with Crippen LogP contribution in [0.25, 0.3) is 0 Å². The van der Waals surface area contributed by atoms with Gasteiger partial charge >= 0.3 is 12.1 Å². The van der Waals surface area contributed by atoms with Crippen LogP contribution in [0.15, 0.2) is 18.2 Å². The molecule has 0 saturated carbocycles. The second kappa shape index (κ2) is 7.42. The minimum absolute atomic E-state index is 0.0346. The molecule has 2 unspecified atom stereocenters. The summed E-state index contributed by atoms with van der Waals surface area (Å²) in [5, 5.41) is 30.8. The van der Waals surface area contributed by atoms with Crippen molar-refractivity contribution in [3.8, 4) is 0 Å². The van der Waals surface area contributed by atoms with Crippen LogP contribution in [0.1, 0.15) is 40.9 Å². The van der Waals surface area contributed by atoms with E-state index in [-0.39, 0.29) is 24.4 Å². The predicted octanol–water partition coefficient (Wildman–Crippen LogP) is 1.32. The van der Waals surface area contributed by atoms with Crippen LogP contribution in [0.2, 0.25) is 0 Å². The van der Waals surface area contributed by atoms with Gasteiger partial charge in [-0.15, -0.1) is 0 Å². The molecule has 0 bridgehead atoms. The minimum Gasteiger partial charge on any atom is -0.478 e. The van der Waals surface area contributed by atoms with Gasteiger partial charge in [-0.2, -0.15) is 13.2 Å². The SMILES string of the molecule is CC(=O)NCCC(O)C(O)c1ccc(C(=O)O)c(C(F)(F)F)c1. The van der Waals surface area contributed by atoms with E-state index in [4.69, 9.17) is 5.11 Å². The zero-order valence-corrected chi connectivity index (χ0v) is 12.1. The number of nitrogens with one attached hydrogen (secondary N) is 1. The summed E-state index contributed by atoms with van der Waals surface area (Å²) in [6.07, 6.45) is -8.06. The highest BCUT2D eigenvalue weighted by Gasteiger charge is 2.36. The van der Waals surface area contributed by atoms with Crippen molar-refractivity contribution >= 4 is 11.9 Å². The maximum Gasteiger partial charge on any atom is 0.417 e. The van der Waals surface area contributed by atoms with E-state index in [0.717, 1.165) is 12.1 Å². The Morgan fingerprint density at radius 3 is 2.35 bits per heavy atom. The lowest BCUT2D eigenvalue weighted by Gasteiger charge is -2.20. The third kappa shape index (κ3) is 5.22. The Balaban J connectivity index is 2.99. The number of amides is 1. The third-order valence-electron chi connectivity index (χ3n) is 3.10. The zero-order valence-electron chi connectivity index (χ0n) is 12.1. The van der Waals surface area contributed by atoms with Gasteiger partial charge in [0.2, 0.25) is 5.91 Å². The van der Waals surface area contributed by atoms with Gasteiger partial charge in [-0.1, -0.05) is 6.07 Å². The first-order chi connectivity index (χ1) is 10.5. The van der Waals surface area contributed by atoms with Gasteiger partial charge in [0.05, 0.1) is 17.2 Å². The molecule has 0 spiro atoms. The summed E-state index contributed by atoms with van der Waals surface area (Å²) in [6, 6.07) is 2.23. The van der Waals surface area contributed by atoms with Crippen LogP contribution in [0, 0.1) is 0 Å². The first kappa shape index (κ1) is 18.9. The molecule has 9 heteroatoms. The topological polar surface area (TPSA) is 107 Å². The Hall–Kier alpha value is -2.13. The molecule has 23 heavy (non-hydrogen) atoms. The smallest absolute Gasteiger partial charge is 0.417 e. The molecule has 128 valence electrons. The van der Waals surface area contributed by atoms with E-state index in [1.165, 1.54) is 6.92 Å². The number of carbonyl (C=O) groups excluding carboxylic acids is 1. The highest BCUT2D eigenvalue weighted by Crippen LogP contribution is 2.34. The van der Waals surface area contributed by atoms with Crippen LogP contribution in [0.5, 0.6) is 0 Å². The highest BCUT2D eigenvalue weighted by atomic mass is 19.4. The molecular weight excluding hydrogens is 319 g/mol. The number of carboxylic acids is 1. The van der Waals surface area contributed by atoms with E-state index in [1.54, 1.807) is 0 Å². The van der Waals surface area contributed by atoms with Crippen LogP contribution in [0.3, 0.4) is 0 Å². The van der Waals surface area contributed by atoms with Crippen molar-refractivity contribution in [2.75, 3.05) is 6.54 Å². The average molecular weight is 335 g/mol. The average Bonchev–Trinajstić information content (AvgIpc) is 2.44. The van der Waals surface area contributed by atoms with E-state index < -0.39 is 35.5 Å². The van der Waals surface area contributed by atoms with Crippen LogP contribution >= 0.6 is 0 Å². The maximum atomic E-state index is 12.9. The lowest BCUT2D eigenvalue weighted by Crippen LogP contribution is -2.28. The van der Waals surface area contributed by atoms with Gasteiger partial charge in [-0.25, -0.2) is 4.79 Å². The van der Waals surface area contributed by atoms with Crippen molar-refractivity contribution in [1.82, 2.24) is 5.32 Å².